The zero-order valence-electron chi connectivity index (χ0n) is 5.89. The molecule has 10 heavy (non-hydrogen) atoms. The Morgan fingerprint density at radius 2 is 1.60 bits per heavy atom. The van der Waals surface area contributed by atoms with E-state index in [1.54, 1.807) is 0 Å². The summed E-state index contributed by atoms with van der Waals surface area (Å²) in [6.45, 7) is 1.84. The zero-order chi connectivity index (χ0) is 8.15. The van der Waals surface area contributed by atoms with Crippen LogP contribution in [0.4, 0.5) is 0 Å². The van der Waals surface area contributed by atoms with E-state index in [2.05, 4.69) is 0 Å². The molecule has 0 aromatic rings. The third-order valence-electron chi connectivity index (χ3n) is 1.09. The van der Waals surface area contributed by atoms with Gasteiger partial charge < -0.3 is 11.5 Å². The van der Waals surface area contributed by atoms with E-state index < -0.39 is 11.8 Å². The Morgan fingerprint density at radius 3 is 1.70 bits per heavy atom. The first-order valence-corrected chi connectivity index (χ1v) is 3.05. The second-order valence-corrected chi connectivity index (χ2v) is 1.96. The number of primary amides is 2. The van der Waals surface area contributed by atoms with Crippen LogP contribution in [0.25, 0.3) is 0 Å². The molecule has 4 nitrogen and oxygen atoms in total. The van der Waals surface area contributed by atoms with Crippen molar-refractivity contribution in [2.75, 3.05) is 0 Å². The van der Waals surface area contributed by atoms with Crippen LogP contribution < -0.4 is 11.5 Å². The van der Waals surface area contributed by atoms with Crippen LogP contribution in [0.1, 0.15) is 19.8 Å². The maximum Gasteiger partial charge on any atom is 0.234 e. The van der Waals surface area contributed by atoms with Crippen LogP contribution in [0.15, 0.2) is 0 Å². The van der Waals surface area contributed by atoms with Crippen LogP contribution in [0, 0.1) is 5.92 Å². The van der Waals surface area contributed by atoms with Gasteiger partial charge in [0.25, 0.3) is 0 Å². The van der Waals surface area contributed by atoms with Crippen molar-refractivity contribution in [1.82, 2.24) is 0 Å². The Bertz CT molecular complexity index is 131. The van der Waals surface area contributed by atoms with Gasteiger partial charge in [-0.05, 0) is 6.42 Å². The van der Waals surface area contributed by atoms with Crippen molar-refractivity contribution in [3.05, 3.63) is 5.92 Å². The monoisotopic (exact) mass is 143 g/mol. The molecule has 0 bridgehead atoms. The van der Waals surface area contributed by atoms with E-state index in [9.17, 15) is 9.59 Å². The van der Waals surface area contributed by atoms with E-state index in [1.165, 1.54) is 0 Å². The van der Waals surface area contributed by atoms with Gasteiger partial charge in [0.2, 0.25) is 11.8 Å². The summed E-state index contributed by atoms with van der Waals surface area (Å²) in [4.78, 5) is 20.8. The summed E-state index contributed by atoms with van der Waals surface area (Å²) >= 11 is 0. The van der Waals surface area contributed by atoms with E-state index >= 15 is 0 Å². The molecule has 0 aromatic carbocycles. The second kappa shape index (κ2) is 3.87. The first-order valence-electron chi connectivity index (χ1n) is 3.05. The molecule has 57 valence electrons. The highest BCUT2D eigenvalue weighted by molar-refractivity contribution is 6.13. The summed E-state index contributed by atoms with van der Waals surface area (Å²) < 4.78 is 0. The first-order chi connectivity index (χ1) is 4.59. The highest BCUT2D eigenvalue weighted by Crippen LogP contribution is 2.06. The number of rotatable bonds is 4. The number of carbonyl (C=O) groups excluding carboxylic acids is 2. The Hall–Kier alpha value is -1.06. The van der Waals surface area contributed by atoms with Gasteiger partial charge in [0.1, 0.15) is 0 Å². The highest BCUT2D eigenvalue weighted by atomic mass is 16.2. The normalized spacial score (nSPS) is 9.80. The Balaban J connectivity index is 3.98. The molecule has 0 rings (SSSR count). The van der Waals surface area contributed by atoms with E-state index in [0.29, 0.717) is 12.8 Å². The Labute approximate surface area is 59.6 Å². The van der Waals surface area contributed by atoms with E-state index in [0.717, 1.165) is 0 Å². The predicted octanol–water partition coefficient (Wildman–Crippen LogP) is -0.668. The van der Waals surface area contributed by atoms with Crippen LogP contribution >= 0.6 is 0 Å². The fraction of sp³-hybridized carbons (Fsp3) is 0.500. The van der Waals surface area contributed by atoms with Crippen molar-refractivity contribution < 1.29 is 9.59 Å². The van der Waals surface area contributed by atoms with Gasteiger partial charge >= 0.3 is 0 Å². The number of carbonyl (C=O) groups is 2. The molecule has 0 unspecified atom stereocenters. The molecule has 0 saturated heterocycles. The Kier molecular flexibility index (Phi) is 3.46. The van der Waals surface area contributed by atoms with Crippen LogP contribution in [-0.4, -0.2) is 11.8 Å². The number of nitrogens with two attached hydrogens (primary N) is 2. The third-order valence-corrected chi connectivity index (χ3v) is 1.09. The minimum absolute atomic E-state index is 0.00231. The van der Waals surface area contributed by atoms with Crippen molar-refractivity contribution in [3.8, 4) is 0 Å². The lowest BCUT2D eigenvalue weighted by atomic mass is 10.0. The first kappa shape index (κ1) is 8.94. The van der Waals surface area contributed by atoms with Crippen LogP contribution in [0.5, 0.6) is 0 Å². The molecule has 2 amide bonds. The molecule has 1 radical (unpaired) electrons. The maximum atomic E-state index is 10.4. The van der Waals surface area contributed by atoms with Gasteiger partial charge in [0, 0.05) is 0 Å². The lowest BCUT2D eigenvalue weighted by molar-refractivity contribution is -0.123. The van der Waals surface area contributed by atoms with Crippen molar-refractivity contribution in [3.63, 3.8) is 0 Å². The minimum Gasteiger partial charge on any atom is -0.369 e. The molecular formula is C6H11N2O2. The molecular weight excluding hydrogens is 132 g/mol. The van der Waals surface area contributed by atoms with Crippen molar-refractivity contribution in [1.29, 1.82) is 0 Å². The SMILES string of the molecule is CCC[C](C(N)=O)C(N)=O. The lowest BCUT2D eigenvalue weighted by Crippen LogP contribution is -2.32. The number of hydrogen-bond donors (Lipinski definition) is 2. The van der Waals surface area contributed by atoms with Crippen LogP contribution in [0.3, 0.4) is 0 Å². The standard InChI is InChI=1S/C6H11N2O2/c1-2-3-4(5(7)9)6(8)10/h2-3H2,1H3,(H2,7,9)(H2,8,10). The molecule has 0 aromatic heterocycles. The molecule has 4 heteroatoms. The van der Waals surface area contributed by atoms with Gasteiger partial charge in [-0.1, -0.05) is 13.3 Å². The molecule has 0 heterocycles. The largest absolute Gasteiger partial charge is 0.369 e. The fourth-order valence-electron chi connectivity index (χ4n) is 0.618. The summed E-state index contributed by atoms with van der Waals surface area (Å²) in [5.74, 6) is -1.42. The molecule has 0 aliphatic rings. The number of hydrogen-bond acceptors (Lipinski definition) is 2. The van der Waals surface area contributed by atoms with E-state index in [-0.39, 0.29) is 5.92 Å². The summed E-state index contributed by atoms with van der Waals surface area (Å²) in [7, 11) is 0. The van der Waals surface area contributed by atoms with Crippen molar-refractivity contribution >= 4 is 11.8 Å². The van der Waals surface area contributed by atoms with Crippen molar-refractivity contribution in [2.24, 2.45) is 11.5 Å². The average Bonchev–Trinajstić information content (AvgIpc) is 1.81. The van der Waals surface area contributed by atoms with Gasteiger partial charge in [-0.15, -0.1) is 0 Å². The van der Waals surface area contributed by atoms with Gasteiger partial charge in [-0.2, -0.15) is 0 Å². The smallest absolute Gasteiger partial charge is 0.234 e. The molecule has 0 aliphatic heterocycles. The number of amides is 2. The zero-order valence-corrected chi connectivity index (χ0v) is 5.89. The van der Waals surface area contributed by atoms with Gasteiger partial charge in [-0.3, -0.25) is 9.59 Å². The van der Waals surface area contributed by atoms with Gasteiger partial charge in [0.15, 0.2) is 5.92 Å². The van der Waals surface area contributed by atoms with Crippen molar-refractivity contribution in [2.45, 2.75) is 19.8 Å². The highest BCUT2D eigenvalue weighted by Gasteiger charge is 2.20. The Morgan fingerprint density at radius 1 is 1.20 bits per heavy atom. The quantitative estimate of drug-likeness (QED) is 0.511. The van der Waals surface area contributed by atoms with E-state index in [1.807, 2.05) is 6.92 Å². The van der Waals surface area contributed by atoms with E-state index in [4.69, 9.17) is 11.5 Å². The molecule has 0 aliphatic carbocycles. The molecule has 4 N–H and O–H groups in total. The maximum absolute atomic E-state index is 10.4. The minimum atomic E-state index is -0.714. The summed E-state index contributed by atoms with van der Waals surface area (Å²) in [6, 6.07) is 0. The van der Waals surface area contributed by atoms with Crippen LogP contribution in [0.2, 0.25) is 0 Å². The summed E-state index contributed by atoms with van der Waals surface area (Å²) in [5.41, 5.74) is 9.69. The van der Waals surface area contributed by atoms with Gasteiger partial charge in [-0.25, -0.2) is 0 Å². The van der Waals surface area contributed by atoms with Gasteiger partial charge in [0.05, 0.1) is 0 Å². The second-order valence-electron chi connectivity index (χ2n) is 1.96. The molecule has 0 fully saturated rings. The molecule has 0 atom stereocenters. The third kappa shape index (κ3) is 2.48. The predicted molar refractivity (Wildman–Crippen MR) is 36.5 cm³/mol. The van der Waals surface area contributed by atoms with Crippen LogP contribution in [-0.2, 0) is 9.59 Å². The average molecular weight is 143 g/mol. The topological polar surface area (TPSA) is 86.2 Å². The summed E-state index contributed by atoms with van der Waals surface area (Å²) in [6.07, 6.45) is 1.06. The molecule has 0 saturated carbocycles. The lowest BCUT2D eigenvalue weighted by Gasteiger charge is -2.04. The summed E-state index contributed by atoms with van der Waals surface area (Å²) in [5, 5.41) is 0. The molecule has 0 spiro atoms. The fourth-order valence-corrected chi connectivity index (χ4v) is 0.618.